The fourth-order valence-corrected chi connectivity index (χ4v) is 4.76. The molecule has 1 aromatic heterocycles. The molecule has 7 nitrogen and oxygen atoms in total. The number of nitrogens with zero attached hydrogens (tertiary/aromatic N) is 4. The van der Waals surface area contributed by atoms with Crippen LogP contribution in [0.1, 0.15) is 22.8 Å². The summed E-state index contributed by atoms with van der Waals surface area (Å²) >= 11 is 7.38. The van der Waals surface area contributed by atoms with Crippen LogP contribution in [0.25, 0.3) is 0 Å². The molecule has 1 fully saturated rings. The van der Waals surface area contributed by atoms with E-state index < -0.39 is 5.82 Å². The van der Waals surface area contributed by atoms with Gasteiger partial charge in [-0.2, -0.15) is 0 Å². The minimum Gasteiger partial charge on any atom is -0.353 e. The first-order chi connectivity index (χ1) is 17.3. The standard InChI is InChI=1S/C25H24ClF2N5O2S/c1-16-14-32(9-10-33(16)24(35)18-3-2-4-20(28)11-18)22-12-21(26)30-25(31-22)36-15-23(34)29-13-17-5-7-19(27)8-6-17/h2-8,11-12,16H,9-10,13-15H2,1H3,(H,29,34). The average molecular weight is 532 g/mol. The number of rotatable bonds is 7. The Kier molecular flexibility index (Phi) is 8.37. The van der Waals surface area contributed by atoms with Gasteiger partial charge in [-0.15, -0.1) is 0 Å². The van der Waals surface area contributed by atoms with Crippen LogP contribution in [0.5, 0.6) is 0 Å². The second-order valence-corrected chi connectivity index (χ2v) is 9.66. The van der Waals surface area contributed by atoms with Gasteiger partial charge in [-0.05, 0) is 42.8 Å². The van der Waals surface area contributed by atoms with Gasteiger partial charge in [0.05, 0.1) is 5.75 Å². The number of piperazine rings is 1. The number of benzene rings is 2. The van der Waals surface area contributed by atoms with Crippen molar-refractivity contribution < 1.29 is 18.4 Å². The number of carbonyl (C=O) groups is 2. The molecule has 2 heterocycles. The molecule has 188 valence electrons. The van der Waals surface area contributed by atoms with Crippen molar-refractivity contribution in [1.29, 1.82) is 0 Å². The number of aromatic nitrogens is 2. The Hall–Kier alpha value is -3.24. The third kappa shape index (κ3) is 6.70. The second kappa shape index (κ2) is 11.7. The lowest BCUT2D eigenvalue weighted by Gasteiger charge is -2.40. The maximum absolute atomic E-state index is 13.6. The first-order valence-corrected chi connectivity index (χ1v) is 12.6. The Bertz CT molecular complexity index is 1250. The number of hydrogen-bond donors (Lipinski definition) is 1. The summed E-state index contributed by atoms with van der Waals surface area (Å²) in [5.74, 6) is -0.514. The summed E-state index contributed by atoms with van der Waals surface area (Å²) in [4.78, 5) is 37.6. The summed E-state index contributed by atoms with van der Waals surface area (Å²) < 4.78 is 26.6. The summed E-state index contributed by atoms with van der Waals surface area (Å²) in [6.45, 7) is 3.68. The van der Waals surface area contributed by atoms with Crippen LogP contribution in [0, 0.1) is 11.6 Å². The van der Waals surface area contributed by atoms with Crippen LogP contribution >= 0.6 is 23.4 Å². The van der Waals surface area contributed by atoms with Crippen molar-refractivity contribution in [3.8, 4) is 0 Å². The second-order valence-electron chi connectivity index (χ2n) is 8.33. The van der Waals surface area contributed by atoms with E-state index in [2.05, 4.69) is 15.3 Å². The summed E-state index contributed by atoms with van der Waals surface area (Å²) in [5, 5.41) is 3.39. The number of anilines is 1. The van der Waals surface area contributed by atoms with E-state index in [0.29, 0.717) is 36.2 Å². The number of halogens is 3. The van der Waals surface area contributed by atoms with Crippen molar-refractivity contribution in [2.45, 2.75) is 24.7 Å². The highest BCUT2D eigenvalue weighted by atomic mass is 35.5. The molecule has 0 aliphatic carbocycles. The number of nitrogens with one attached hydrogen (secondary N) is 1. The Labute approximate surface area is 216 Å². The van der Waals surface area contributed by atoms with E-state index >= 15 is 0 Å². The van der Waals surface area contributed by atoms with Crippen molar-refractivity contribution in [1.82, 2.24) is 20.2 Å². The normalized spacial score (nSPS) is 15.6. The van der Waals surface area contributed by atoms with Gasteiger partial charge >= 0.3 is 0 Å². The lowest BCUT2D eigenvalue weighted by Crippen LogP contribution is -2.54. The Morgan fingerprint density at radius 1 is 1.08 bits per heavy atom. The highest BCUT2D eigenvalue weighted by Crippen LogP contribution is 2.25. The quantitative estimate of drug-likeness (QED) is 0.280. The number of amides is 2. The highest BCUT2D eigenvalue weighted by Gasteiger charge is 2.29. The molecule has 4 rings (SSSR count). The average Bonchev–Trinajstić information content (AvgIpc) is 2.86. The van der Waals surface area contributed by atoms with Gasteiger partial charge in [0, 0.05) is 43.9 Å². The highest BCUT2D eigenvalue weighted by molar-refractivity contribution is 7.99. The van der Waals surface area contributed by atoms with Crippen LogP contribution in [0.15, 0.2) is 59.8 Å². The topological polar surface area (TPSA) is 78.4 Å². The summed E-state index contributed by atoms with van der Waals surface area (Å²) in [5.41, 5.74) is 1.11. The van der Waals surface area contributed by atoms with Crippen molar-refractivity contribution in [2.75, 3.05) is 30.3 Å². The van der Waals surface area contributed by atoms with Gasteiger partial charge in [0.2, 0.25) is 5.91 Å². The van der Waals surface area contributed by atoms with Gasteiger partial charge in [-0.1, -0.05) is 41.6 Å². The molecule has 1 N–H and O–H groups in total. The third-order valence-corrected chi connectivity index (χ3v) is 6.72. The lowest BCUT2D eigenvalue weighted by atomic mass is 10.1. The zero-order valence-electron chi connectivity index (χ0n) is 19.5. The van der Waals surface area contributed by atoms with E-state index in [1.165, 1.54) is 30.3 Å². The first-order valence-electron chi connectivity index (χ1n) is 11.3. The van der Waals surface area contributed by atoms with Crippen LogP contribution in [0.4, 0.5) is 14.6 Å². The molecule has 0 saturated carbocycles. The lowest BCUT2D eigenvalue weighted by molar-refractivity contribution is -0.118. The maximum atomic E-state index is 13.6. The molecular weight excluding hydrogens is 508 g/mol. The van der Waals surface area contributed by atoms with Crippen molar-refractivity contribution in [2.24, 2.45) is 0 Å². The fraction of sp³-hybridized carbons (Fsp3) is 0.280. The molecule has 1 aliphatic rings. The molecule has 1 aliphatic heterocycles. The minimum atomic E-state index is -0.447. The zero-order chi connectivity index (χ0) is 25.7. The maximum Gasteiger partial charge on any atom is 0.254 e. The van der Waals surface area contributed by atoms with Gasteiger partial charge in [-0.3, -0.25) is 9.59 Å². The molecule has 11 heteroatoms. The molecule has 36 heavy (non-hydrogen) atoms. The van der Waals surface area contributed by atoms with E-state index in [1.54, 1.807) is 29.2 Å². The van der Waals surface area contributed by atoms with Gasteiger partial charge < -0.3 is 15.1 Å². The number of thioether (sulfide) groups is 1. The largest absolute Gasteiger partial charge is 0.353 e. The minimum absolute atomic E-state index is 0.0906. The molecule has 1 unspecified atom stereocenters. The van der Waals surface area contributed by atoms with Gasteiger partial charge in [0.15, 0.2) is 5.16 Å². The number of carbonyl (C=O) groups excluding carboxylic acids is 2. The Balaban J connectivity index is 1.33. The molecule has 2 amide bonds. The molecule has 3 aromatic rings. The van der Waals surface area contributed by atoms with Crippen molar-refractivity contribution in [3.05, 3.63) is 82.5 Å². The van der Waals surface area contributed by atoms with E-state index in [-0.39, 0.29) is 41.1 Å². The Morgan fingerprint density at radius 2 is 1.86 bits per heavy atom. The predicted molar refractivity (Wildman–Crippen MR) is 135 cm³/mol. The summed E-state index contributed by atoms with van der Waals surface area (Å²) in [6.07, 6.45) is 0. The first kappa shape index (κ1) is 25.8. The summed E-state index contributed by atoms with van der Waals surface area (Å²) in [6, 6.07) is 13.1. The van der Waals surface area contributed by atoms with Gasteiger partial charge in [0.1, 0.15) is 22.6 Å². The predicted octanol–water partition coefficient (Wildman–Crippen LogP) is 4.17. The van der Waals surface area contributed by atoms with Gasteiger partial charge in [0.25, 0.3) is 5.91 Å². The van der Waals surface area contributed by atoms with Crippen molar-refractivity contribution >= 4 is 41.0 Å². The van der Waals surface area contributed by atoms with Crippen LogP contribution in [0.2, 0.25) is 5.15 Å². The zero-order valence-corrected chi connectivity index (χ0v) is 21.0. The van der Waals surface area contributed by atoms with E-state index in [4.69, 9.17) is 11.6 Å². The van der Waals surface area contributed by atoms with Crippen LogP contribution in [-0.2, 0) is 11.3 Å². The van der Waals surface area contributed by atoms with Crippen LogP contribution in [0.3, 0.4) is 0 Å². The Morgan fingerprint density at radius 3 is 2.58 bits per heavy atom. The van der Waals surface area contributed by atoms with E-state index in [9.17, 15) is 18.4 Å². The molecule has 0 spiro atoms. The van der Waals surface area contributed by atoms with E-state index in [1.807, 2.05) is 11.8 Å². The molecule has 0 bridgehead atoms. The molecule has 2 aromatic carbocycles. The molecular formula is C25H24ClF2N5O2S. The van der Waals surface area contributed by atoms with Crippen LogP contribution in [-0.4, -0.2) is 58.1 Å². The molecule has 1 atom stereocenters. The smallest absolute Gasteiger partial charge is 0.254 e. The molecule has 0 radical (unpaired) electrons. The van der Waals surface area contributed by atoms with Crippen LogP contribution < -0.4 is 10.2 Å². The van der Waals surface area contributed by atoms with E-state index in [0.717, 1.165) is 17.3 Å². The SMILES string of the molecule is CC1CN(c2cc(Cl)nc(SCC(=O)NCc3ccc(F)cc3)n2)CCN1C(=O)c1cccc(F)c1. The molecule has 1 saturated heterocycles. The summed E-state index contributed by atoms with van der Waals surface area (Å²) in [7, 11) is 0. The monoisotopic (exact) mass is 531 g/mol. The number of hydrogen-bond acceptors (Lipinski definition) is 6. The fourth-order valence-electron chi connectivity index (χ4n) is 3.85. The third-order valence-electron chi connectivity index (χ3n) is 5.68. The van der Waals surface area contributed by atoms with Crippen molar-refractivity contribution in [3.63, 3.8) is 0 Å². The van der Waals surface area contributed by atoms with Gasteiger partial charge in [-0.25, -0.2) is 18.7 Å².